The summed E-state index contributed by atoms with van der Waals surface area (Å²) in [5.74, 6) is -1.99. The van der Waals surface area contributed by atoms with Gasteiger partial charge in [-0.2, -0.15) is 8.42 Å². The number of anilines is 1. The van der Waals surface area contributed by atoms with Gasteiger partial charge in [0.15, 0.2) is 5.82 Å². The number of phenolic OH excluding ortho intramolecular Hbond substituents is 1. The maximum atomic E-state index is 15.0. The molecule has 0 aliphatic carbocycles. The molecule has 1 aromatic rings. The third-order valence-electron chi connectivity index (χ3n) is 4.53. The van der Waals surface area contributed by atoms with E-state index in [0.717, 1.165) is 6.54 Å². The van der Waals surface area contributed by atoms with Crippen LogP contribution in [0.2, 0.25) is 0 Å². The van der Waals surface area contributed by atoms with Crippen molar-refractivity contribution >= 4 is 21.8 Å². The summed E-state index contributed by atoms with van der Waals surface area (Å²) in [6.07, 6.45) is 0.990. The summed E-state index contributed by atoms with van der Waals surface area (Å²) < 4.78 is 41.3. The molecule has 0 saturated carbocycles. The van der Waals surface area contributed by atoms with Crippen molar-refractivity contribution in [2.24, 2.45) is 0 Å². The van der Waals surface area contributed by atoms with E-state index in [1.54, 1.807) is 4.72 Å². The van der Waals surface area contributed by atoms with Crippen LogP contribution in [-0.2, 0) is 27.8 Å². The first-order valence-corrected chi connectivity index (χ1v) is 9.25. The van der Waals surface area contributed by atoms with Crippen LogP contribution in [-0.4, -0.2) is 50.0 Å². The number of carbonyl (C=O) groups excluding carboxylic acids is 1. The van der Waals surface area contributed by atoms with Gasteiger partial charge in [-0.05, 0) is 43.9 Å². The van der Waals surface area contributed by atoms with Crippen LogP contribution in [0.4, 0.5) is 10.1 Å². The van der Waals surface area contributed by atoms with Crippen LogP contribution in [0, 0.1) is 5.82 Å². The Kier molecular flexibility index (Phi) is 4.16. The summed E-state index contributed by atoms with van der Waals surface area (Å²) in [7, 11) is -4.17. The number of amides is 1. The van der Waals surface area contributed by atoms with Gasteiger partial charge in [-0.25, -0.2) is 13.4 Å². The van der Waals surface area contributed by atoms with E-state index in [0.29, 0.717) is 40.9 Å². The number of nitrogens with zero attached hydrogens (tertiary/aromatic N) is 2. The van der Waals surface area contributed by atoms with E-state index in [1.807, 2.05) is 0 Å². The lowest BCUT2D eigenvalue weighted by atomic mass is 10.0. The number of nitrogens with one attached hydrogen (secondary N) is 1. The zero-order valence-electron chi connectivity index (χ0n) is 13.5. The molecule has 1 saturated heterocycles. The van der Waals surface area contributed by atoms with Gasteiger partial charge in [0.25, 0.3) is 5.91 Å². The molecule has 3 rings (SSSR count). The SMILES string of the molecule is CC(C)N1CCc2cc(O)c(N3CC(=O)NS3(=O)=O)c(F)c2CC1. The first-order valence-electron chi connectivity index (χ1n) is 7.81. The molecule has 0 bridgehead atoms. The molecule has 24 heavy (non-hydrogen) atoms. The highest BCUT2D eigenvalue weighted by molar-refractivity contribution is 7.92. The predicted octanol–water partition coefficient (Wildman–Crippen LogP) is 0.521. The number of fused-ring (bicyclic) bond motifs is 1. The Balaban J connectivity index is 2.05. The van der Waals surface area contributed by atoms with Crippen LogP contribution in [0.1, 0.15) is 25.0 Å². The van der Waals surface area contributed by atoms with Crippen molar-refractivity contribution in [1.29, 1.82) is 0 Å². The van der Waals surface area contributed by atoms with Crippen molar-refractivity contribution in [3.05, 3.63) is 23.0 Å². The topological polar surface area (TPSA) is 89.9 Å². The highest BCUT2D eigenvalue weighted by Crippen LogP contribution is 2.38. The molecule has 0 aromatic heterocycles. The van der Waals surface area contributed by atoms with E-state index in [9.17, 15) is 18.3 Å². The fourth-order valence-electron chi connectivity index (χ4n) is 3.24. The van der Waals surface area contributed by atoms with Gasteiger partial charge in [-0.15, -0.1) is 0 Å². The van der Waals surface area contributed by atoms with Gasteiger partial charge >= 0.3 is 10.2 Å². The molecule has 2 heterocycles. The molecule has 0 atom stereocenters. The number of aromatic hydroxyl groups is 1. The summed E-state index contributed by atoms with van der Waals surface area (Å²) in [6, 6.07) is 1.73. The number of hydrogen-bond acceptors (Lipinski definition) is 5. The summed E-state index contributed by atoms with van der Waals surface area (Å²) in [4.78, 5) is 13.6. The standard InChI is InChI=1S/C15H20FN3O4S/c1-9(2)18-5-3-10-7-12(20)15(14(16)11(10)4-6-18)19-8-13(21)17-24(19,22)23/h7,9,20H,3-6,8H2,1-2H3,(H,17,21). The number of carbonyl (C=O) groups is 1. The Morgan fingerprint density at radius 2 is 1.96 bits per heavy atom. The van der Waals surface area contributed by atoms with E-state index in [2.05, 4.69) is 18.7 Å². The zero-order valence-corrected chi connectivity index (χ0v) is 14.4. The van der Waals surface area contributed by atoms with Crippen molar-refractivity contribution in [3.8, 4) is 5.75 Å². The fraction of sp³-hybridized carbons (Fsp3) is 0.533. The number of hydrogen-bond donors (Lipinski definition) is 2. The molecule has 2 aliphatic rings. The molecule has 0 unspecified atom stereocenters. The lowest BCUT2D eigenvalue weighted by Crippen LogP contribution is -2.33. The molecule has 2 N–H and O–H groups in total. The largest absolute Gasteiger partial charge is 0.506 e. The maximum Gasteiger partial charge on any atom is 0.326 e. The minimum Gasteiger partial charge on any atom is -0.506 e. The third kappa shape index (κ3) is 2.82. The highest BCUT2D eigenvalue weighted by Gasteiger charge is 2.38. The number of halogens is 1. The van der Waals surface area contributed by atoms with E-state index in [1.165, 1.54) is 6.07 Å². The Bertz CT molecular complexity index is 794. The predicted molar refractivity (Wildman–Crippen MR) is 86.6 cm³/mol. The second kappa shape index (κ2) is 5.89. The van der Waals surface area contributed by atoms with Gasteiger partial charge in [-0.3, -0.25) is 4.79 Å². The van der Waals surface area contributed by atoms with Gasteiger partial charge in [0.2, 0.25) is 0 Å². The van der Waals surface area contributed by atoms with E-state index < -0.39 is 39.9 Å². The summed E-state index contributed by atoms with van der Waals surface area (Å²) in [5.41, 5.74) is 0.623. The molecule has 1 aromatic carbocycles. The molecular formula is C15H20FN3O4S. The molecule has 0 spiro atoms. The summed E-state index contributed by atoms with van der Waals surface area (Å²) in [6.45, 7) is 4.97. The average Bonchev–Trinajstić information content (AvgIpc) is 2.63. The second-order valence-corrected chi connectivity index (χ2v) is 7.96. The molecule has 2 aliphatic heterocycles. The van der Waals surface area contributed by atoms with Gasteiger partial charge in [0.05, 0.1) is 0 Å². The van der Waals surface area contributed by atoms with Crippen molar-refractivity contribution < 1.29 is 22.7 Å². The van der Waals surface area contributed by atoms with Gasteiger partial charge < -0.3 is 10.0 Å². The van der Waals surface area contributed by atoms with Crippen LogP contribution >= 0.6 is 0 Å². The first-order chi connectivity index (χ1) is 11.2. The monoisotopic (exact) mass is 357 g/mol. The van der Waals surface area contributed by atoms with Crippen molar-refractivity contribution in [2.45, 2.75) is 32.7 Å². The smallest absolute Gasteiger partial charge is 0.326 e. The van der Waals surface area contributed by atoms with Crippen LogP contribution < -0.4 is 9.03 Å². The maximum absolute atomic E-state index is 15.0. The molecule has 0 radical (unpaired) electrons. The van der Waals surface area contributed by atoms with Gasteiger partial charge in [-0.1, -0.05) is 0 Å². The zero-order chi connectivity index (χ0) is 17.6. The summed E-state index contributed by atoms with van der Waals surface area (Å²) >= 11 is 0. The minimum atomic E-state index is -4.17. The molecule has 7 nitrogen and oxygen atoms in total. The number of benzene rings is 1. The van der Waals surface area contributed by atoms with Crippen molar-refractivity contribution in [3.63, 3.8) is 0 Å². The molecule has 132 valence electrons. The Labute approximate surface area is 140 Å². The Morgan fingerprint density at radius 3 is 2.54 bits per heavy atom. The lowest BCUT2D eigenvalue weighted by molar-refractivity contribution is -0.117. The Hall–Kier alpha value is -1.87. The van der Waals surface area contributed by atoms with E-state index in [-0.39, 0.29) is 0 Å². The first kappa shape index (κ1) is 17.0. The quantitative estimate of drug-likeness (QED) is 0.806. The van der Waals surface area contributed by atoms with Crippen LogP contribution in [0.5, 0.6) is 5.75 Å². The Morgan fingerprint density at radius 1 is 1.29 bits per heavy atom. The van der Waals surface area contributed by atoms with Crippen LogP contribution in [0.15, 0.2) is 6.07 Å². The molecular weight excluding hydrogens is 337 g/mol. The normalized spacial score (nSPS) is 20.8. The average molecular weight is 357 g/mol. The molecule has 1 fully saturated rings. The van der Waals surface area contributed by atoms with E-state index >= 15 is 4.39 Å². The highest BCUT2D eigenvalue weighted by atomic mass is 32.2. The van der Waals surface area contributed by atoms with Crippen LogP contribution in [0.3, 0.4) is 0 Å². The van der Waals surface area contributed by atoms with Crippen LogP contribution in [0.25, 0.3) is 0 Å². The summed E-state index contributed by atoms with van der Waals surface area (Å²) in [5, 5.41) is 10.2. The van der Waals surface area contributed by atoms with Gasteiger partial charge in [0, 0.05) is 19.1 Å². The molecule has 9 heteroatoms. The van der Waals surface area contributed by atoms with Gasteiger partial charge in [0.1, 0.15) is 18.0 Å². The fourth-order valence-corrected chi connectivity index (χ4v) is 4.40. The van der Waals surface area contributed by atoms with Crippen molar-refractivity contribution in [2.75, 3.05) is 23.9 Å². The number of rotatable bonds is 2. The molecule has 1 amide bonds. The minimum absolute atomic E-state index is 0.316. The van der Waals surface area contributed by atoms with Crippen molar-refractivity contribution in [1.82, 2.24) is 9.62 Å². The van der Waals surface area contributed by atoms with E-state index in [4.69, 9.17) is 0 Å². The lowest BCUT2D eigenvalue weighted by Gasteiger charge is -2.23. The second-order valence-electron chi connectivity index (χ2n) is 6.36. The number of phenols is 1. The third-order valence-corrected chi connectivity index (χ3v) is 5.91.